The molecule has 2 amide bonds. The topological polar surface area (TPSA) is 136 Å². The predicted molar refractivity (Wildman–Crippen MR) is 57.3 cm³/mol. The van der Waals surface area contributed by atoms with Gasteiger partial charge < -0.3 is 21.9 Å². The normalized spacial score (nSPS) is 10.6. The molecule has 0 unspecified atom stereocenters. The zero-order valence-corrected chi connectivity index (χ0v) is 9.16. The Bertz CT molecular complexity index is 234. The smallest absolute Gasteiger partial charge is 0.327 e. The van der Waals surface area contributed by atoms with Crippen LogP contribution in [0.4, 0.5) is 0 Å². The van der Waals surface area contributed by atoms with Crippen LogP contribution < -0.4 is 16.8 Å². The van der Waals surface area contributed by atoms with Gasteiger partial charge >= 0.3 is 5.97 Å². The number of nitrogens with two attached hydrogens (primary N) is 2. The van der Waals surface area contributed by atoms with Crippen molar-refractivity contribution in [2.24, 2.45) is 11.5 Å². The van der Waals surface area contributed by atoms with Crippen LogP contribution in [0.2, 0.25) is 0 Å². The summed E-state index contributed by atoms with van der Waals surface area (Å²) in [5.41, 5.74) is 9.22. The number of hydrogen-bond donors (Lipinski definition) is 5. The largest absolute Gasteiger partial charge is 0.480 e. The lowest BCUT2D eigenvalue weighted by Crippen LogP contribution is -2.40. The van der Waals surface area contributed by atoms with E-state index in [4.69, 9.17) is 10.8 Å². The average molecular weight is 237 g/mol. The second kappa shape index (κ2) is 9.28. The molecule has 0 aliphatic rings. The van der Waals surface area contributed by atoms with Crippen molar-refractivity contribution < 1.29 is 19.5 Å². The zero-order valence-electron chi connectivity index (χ0n) is 8.27. The molecule has 0 bridgehead atoms. The molecule has 0 saturated carbocycles. The van der Waals surface area contributed by atoms with Gasteiger partial charge in [0.05, 0.1) is 6.54 Å². The van der Waals surface area contributed by atoms with Gasteiger partial charge in [0, 0.05) is 12.7 Å². The number of hydrogen-bond acceptors (Lipinski definition) is 5. The summed E-state index contributed by atoms with van der Waals surface area (Å²) in [5.74, 6) is -1.79. The van der Waals surface area contributed by atoms with Gasteiger partial charge in [0.15, 0.2) is 0 Å². The number of rotatable bonds is 4. The van der Waals surface area contributed by atoms with E-state index in [0.29, 0.717) is 0 Å². The Kier molecular flexibility index (Phi) is 10.0. The lowest BCUT2D eigenvalue weighted by atomic mass is 10.3. The van der Waals surface area contributed by atoms with Gasteiger partial charge in [0.1, 0.15) is 6.04 Å². The number of carbonyl (C=O) groups is 3. The van der Waals surface area contributed by atoms with E-state index in [-0.39, 0.29) is 18.2 Å². The molecule has 0 spiro atoms. The van der Waals surface area contributed by atoms with Crippen molar-refractivity contribution in [3.63, 3.8) is 0 Å². The van der Waals surface area contributed by atoms with E-state index in [0.717, 1.165) is 0 Å². The van der Waals surface area contributed by atoms with Crippen LogP contribution in [0.5, 0.6) is 0 Å². The lowest BCUT2D eigenvalue weighted by molar-refractivity contribution is -0.140. The minimum absolute atomic E-state index is 0.0556. The number of carboxylic acid groups (broad SMARTS) is 1. The van der Waals surface area contributed by atoms with Gasteiger partial charge in [0.2, 0.25) is 11.8 Å². The third kappa shape index (κ3) is 12.7. The van der Waals surface area contributed by atoms with Crippen LogP contribution in [0.25, 0.3) is 0 Å². The first-order valence-electron chi connectivity index (χ1n) is 3.94. The summed E-state index contributed by atoms with van der Waals surface area (Å²) >= 11 is 3.73. The molecule has 0 aromatic carbocycles. The molecule has 0 aliphatic carbocycles. The highest BCUT2D eigenvalue weighted by atomic mass is 32.1. The molecule has 8 heteroatoms. The van der Waals surface area contributed by atoms with E-state index in [9.17, 15) is 14.4 Å². The van der Waals surface area contributed by atoms with Gasteiger partial charge in [-0.1, -0.05) is 0 Å². The number of aliphatic carboxylic acids is 1. The summed E-state index contributed by atoms with van der Waals surface area (Å²) in [7, 11) is 0. The molecule has 1 atom stereocenters. The molecule has 0 saturated heterocycles. The van der Waals surface area contributed by atoms with Gasteiger partial charge in [-0.3, -0.25) is 9.59 Å². The van der Waals surface area contributed by atoms with Gasteiger partial charge in [-0.15, -0.1) is 0 Å². The summed E-state index contributed by atoms with van der Waals surface area (Å²) in [6.45, 7) is 1.21. The summed E-state index contributed by atoms with van der Waals surface area (Å²) < 4.78 is 0. The SMILES string of the molecule is CC(=O)N[C@@H](CS)C(=O)O.NCC(N)=O. The number of thiol groups is 1. The van der Waals surface area contributed by atoms with E-state index in [2.05, 4.69) is 23.7 Å². The minimum Gasteiger partial charge on any atom is -0.480 e. The molecule has 0 radical (unpaired) electrons. The molecule has 88 valence electrons. The van der Waals surface area contributed by atoms with Gasteiger partial charge in [0.25, 0.3) is 0 Å². The Morgan fingerprint density at radius 1 is 1.47 bits per heavy atom. The van der Waals surface area contributed by atoms with Crippen molar-refractivity contribution in [3.05, 3.63) is 0 Å². The van der Waals surface area contributed by atoms with Crippen LogP contribution in [-0.4, -0.2) is 41.2 Å². The molecular weight excluding hydrogens is 222 g/mol. The molecule has 15 heavy (non-hydrogen) atoms. The summed E-state index contributed by atoms with van der Waals surface area (Å²) in [4.78, 5) is 30.0. The van der Waals surface area contributed by atoms with E-state index < -0.39 is 17.9 Å². The second-order valence-electron chi connectivity index (χ2n) is 2.44. The third-order valence-electron chi connectivity index (χ3n) is 1.06. The molecule has 0 aromatic heterocycles. The highest BCUT2D eigenvalue weighted by molar-refractivity contribution is 7.80. The fourth-order valence-electron chi connectivity index (χ4n) is 0.431. The molecular formula is C7H15N3O4S. The fourth-order valence-corrected chi connectivity index (χ4v) is 0.678. The van der Waals surface area contributed by atoms with Crippen LogP contribution in [0.1, 0.15) is 6.92 Å². The highest BCUT2D eigenvalue weighted by Crippen LogP contribution is 1.86. The van der Waals surface area contributed by atoms with E-state index in [1.54, 1.807) is 0 Å². The number of amides is 2. The van der Waals surface area contributed by atoms with Crippen LogP contribution in [-0.2, 0) is 14.4 Å². The maximum Gasteiger partial charge on any atom is 0.327 e. The molecule has 0 aromatic rings. The minimum atomic E-state index is -1.06. The maximum absolute atomic E-state index is 10.3. The predicted octanol–water partition coefficient (Wildman–Crippen LogP) is -2.06. The first kappa shape index (κ1) is 16.2. The zero-order chi connectivity index (χ0) is 12.4. The third-order valence-corrected chi connectivity index (χ3v) is 1.42. The van der Waals surface area contributed by atoms with Gasteiger partial charge in [-0.05, 0) is 0 Å². The molecule has 0 aliphatic heterocycles. The van der Waals surface area contributed by atoms with Gasteiger partial charge in [-0.25, -0.2) is 4.79 Å². The van der Waals surface area contributed by atoms with Crippen molar-refractivity contribution in [2.45, 2.75) is 13.0 Å². The Morgan fingerprint density at radius 2 is 1.87 bits per heavy atom. The fraction of sp³-hybridized carbons (Fsp3) is 0.571. The van der Waals surface area contributed by atoms with E-state index in [1.807, 2.05) is 0 Å². The Hall–Kier alpha value is -1.28. The van der Waals surface area contributed by atoms with Crippen molar-refractivity contribution in [1.29, 1.82) is 0 Å². The highest BCUT2D eigenvalue weighted by Gasteiger charge is 2.15. The molecule has 0 fully saturated rings. The first-order valence-corrected chi connectivity index (χ1v) is 4.57. The van der Waals surface area contributed by atoms with Crippen LogP contribution in [0, 0.1) is 0 Å². The molecule has 7 nitrogen and oxygen atoms in total. The monoisotopic (exact) mass is 237 g/mol. The standard InChI is InChI=1S/C5H9NO3S.C2H6N2O/c1-3(7)6-4(2-10)5(8)9;3-1-2(4)5/h4,10H,2H2,1H3,(H,6,7)(H,8,9);1,3H2,(H2,4,5)/t4-;/m0./s1. The van der Waals surface area contributed by atoms with E-state index >= 15 is 0 Å². The number of nitrogens with one attached hydrogen (secondary N) is 1. The lowest BCUT2D eigenvalue weighted by Gasteiger charge is -2.08. The quantitative estimate of drug-likeness (QED) is 0.358. The van der Waals surface area contributed by atoms with Gasteiger partial charge in [-0.2, -0.15) is 12.6 Å². The summed E-state index contributed by atoms with van der Waals surface area (Å²) in [5, 5.41) is 10.6. The molecule has 6 N–H and O–H groups in total. The Balaban J connectivity index is 0. The maximum atomic E-state index is 10.3. The van der Waals surface area contributed by atoms with Crippen LogP contribution >= 0.6 is 12.6 Å². The summed E-state index contributed by atoms with van der Waals surface area (Å²) in [6, 6.07) is -0.874. The molecule has 0 rings (SSSR count). The average Bonchev–Trinajstić information content (AvgIpc) is 2.14. The first-order chi connectivity index (χ1) is 6.84. The number of carbonyl (C=O) groups excluding carboxylic acids is 2. The molecule has 0 heterocycles. The van der Waals surface area contributed by atoms with Crippen LogP contribution in [0.15, 0.2) is 0 Å². The summed E-state index contributed by atoms with van der Waals surface area (Å²) in [6.07, 6.45) is 0. The second-order valence-corrected chi connectivity index (χ2v) is 2.81. The van der Waals surface area contributed by atoms with Crippen LogP contribution in [0.3, 0.4) is 0 Å². The van der Waals surface area contributed by atoms with Crippen molar-refractivity contribution >= 4 is 30.4 Å². The van der Waals surface area contributed by atoms with Crippen molar-refractivity contribution in [2.75, 3.05) is 12.3 Å². The van der Waals surface area contributed by atoms with E-state index in [1.165, 1.54) is 6.92 Å². The Morgan fingerprint density at radius 3 is 1.93 bits per heavy atom. The Labute approximate surface area is 92.6 Å². The van der Waals surface area contributed by atoms with Crippen molar-refractivity contribution in [1.82, 2.24) is 5.32 Å². The number of primary amides is 1. The van der Waals surface area contributed by atoms with Crippen molar-refractivity contribution in [3.8, 4) is 0 Å². The number of carboxylic acids is 1.